The number of amides is 1. The van der Waals surface area contributed by atoms with E-state index in [2.05, 4.69) is 17.2 Å². The summed E-state index contributed by atoms with van der Waals surface area (Å²) in [5.41, 5.74) is -0.164. The molecule has 0 aliphatic carbocycles. The Balaban J connectivity index is 1.33. The topological polar surface area (TPSA) is 120 Å². The largest absolute Gasteiger partial charge is 0.459 e. The number of carbonyl (C=O) groups excluding carboxylic acids is 2. The van der Waals surface area contributed by atoms with E-state index in [9.17, 15) is 19.5 Å². The van der Waals surface area contributed by atoms with Gasteiger partial charge in [0.25, 0.3) is 5.91 Å². The van der Waals surface area contributed by atoms with Gasteiger partial charge in [0.2, 0.25) is 0 Å². The van der Waals surface area contributed by atoms with Crippen LogP contribution in [0.25, 0.3) is 0 Å². The molecule has 1 saturated heterocycles. The number of ether oxygens (including phenoxy) is 2. The van der Waals surface area contributed by atoms with Gasteiger partial charge in [-0.05, 0) is 24.6 Å². The maximum absolute atomic E-state index is 12.7. The van der Waals surface area contributed by atoms with Gasteiger partial charge >= 0.3 is 11.7 Å². The highest BCUT2D eigenvalue weighted by atomic mass is 16.6. The fourth-order valence-electron chi connectivity index (χ4n) is 5.15. The second kappa shape index (κ2) is 18.4. The number of carbonyl (C=O) groups is 2. The highest BCUT2D eigenvalue weighted by molar-refractivity contribution is 6.03. The van der Waals surface area contributed by atoms with Gasteiger partial charge in [0.15, 0.2) is 0 Å². The summed E-state index contributed by atoms with van der Waals surface area (Å²) in [4.78, 5) is 41.4. The highest BCUT2D eigenvalue weighted by Gasteiger charge is 2.39. The summed E-state index contributed by atoms with van der Waals surface area (Å²) >= 11 is 0. The Morgan fingerprint density at radius 3 is 2.15 bits per heavy atom. The van der Waals surface area contributed by atoms with Crippen LogP contribution in [0.5, 0.6) is 0 Å². The van der Waals surface area contributed by atoms with E-state index in [0.717, 1.165) is 19.3 Å². The molecule has 0 spiro atoms. The van der Waals surface area contributed by atoms with E-state index >= 15 is 0 Å². The van der Waals surface area contributed by atoms with Crippen LogP contribution in [0.3, 0.4) is 0 Å². The van der Waals surface area contributed by atoms with E-state index < -0.39 is 24.1 Å². The number of rotatable bonds is 19. The minimum atomic E-state index is -0.736. The fourth-order valence-corrected chi connectivity index (χ4v) is 5.15. The van der Waals surface area contributed by atoms with Crippen molar-refractivity contribution in [2.75, 3.05) is 11.9 Å². The van der Waals surface area contributed by atoms with Crippen molar-refractivity contribution in [3.05, 3.63) is 58.6 Å². The summed E-state index contributed by atoms with van der Waals surface area (Å²) in [5, 5.41) is 12.4. The van der Waals surface area contributed by atoms with Gasteiger partial charge in [0, 0.05) is 24.6 Å². The van der Waals surface area contributed by atoms with Crippen LogP contribution in [0.2, 0.25) is 0 Å². The summed E-state index contributed by atoms with van der Waals surface area (Å²) in [6, 6.07) is 10.1. The number of nitrogens with zero attached hydrogens (tertiary/aromatic N) is 2. The van der Waals surface area contributed by atoms with E-state index in [1.807, 2.05) is 6.07 Å². The average molecular weight is 570 g/mol. The third-order valence-corrected chi connectivity index (χ3v) is 7.55. The Hall–Kier alpha value is -3.04. The lowest BCUT2D eigenvalue weighted by Crippen LogP contribution is -2.30. The summed E-state index contributed by atoms with van der Waals surface area (Å²) in [6.45, 7) is 1.91. The van der Waals surface area contributed by atoms with Crippen LogP contribution in [0.1, 0.15) is 120 Å². The third-order valence-electron chi connectivity index (χ3n) is 7.55. The lowest BCUT2D eigenvalue weighted by Gasteiger charge is -2.16. The molecule has 1 aliphatic rings. The molecule has 9 nitrogen and oxygen atoms in total. The number of unbranched alkanes of at least 4 members (excludes halogenated alkanes) is 12. The monoisotopic (exact) mass is 569 g/mol. The molecule has 1 aromatic carbocycles. The first-order chi connectivity index (χ1) is 20.0. The van der Waals surface area contributed by atoms with Crippen molar-refractivity contribution < 1.29 is 24.2 Å². The molecule has 0 bridgehead atoms. The minimum Gasteiger partial charge on any atom is -0.459 e. The van der Waals surface area contributed by atoms with Crippen molar-refractivity contribution in [1.29, 1.82) is 0 Å². The van der Waals surface area contributed by atoms with Gasteiger partial charge in [0.1, 0.15) is 24.3 Å². The molecule has 2 aromatic rings. The normalized spacial score (nSPS) is 18.3. The number of anilines is 1. The van der Waals surface area contributed by atoms with Crippen LogP contribution in [0.4, 0.5) is 5.82 Å². The maximum atomic E-state index is 12.7. The molecule has 2 N–H and O–H groups in total. The van der Waals surface area contributed by atoms with Crippen LogP contribution in [0, 0.1) is 0 Å². The second-order valence-electron chi connectivity index (χ2n) is 10.9. The van der Waals surface area contributed by atoms with Crippen molar-refractivity contribution in [2.45, 2.75) is 122 Å². The number of aliphatic hydroxyl groups is 1. The zero-order chi connectivity index (χ0) is 29.3. The quantitative estimate of drug-likeness (QED) is 0.153. The maximum Gasteiger partial charge on any atom is 0.351 e. The zero-order valence-electron chi connectivity index (χ0n) is 24.5. The van der Waals surface area contributed by atoms with Crippen molar-refractivity contribution >= 4 is 17.7 Å². The molecule has 3 rings (SSSR count). The summed E-state index contributed by atoms with van der Waals surface area (Å²) in [7, 11) is 0. The second-order valence-corrected chi connectivity index (χ2v) is 10.9. The lowest BCUT2D eigenvalue weighted by atomic mass is 10.0. The van der Waals surface area contributed by atoms with Gasteiger partial charge in [-0.1, -0.05) is 102 Å². The first kappa shape index (κ1) is 32.5. The van der Waals surface area contributed by atoms with Crippen LogP contribution in [0.15, 0.2) is 47.4 Å². The number of hydrogen-bond acceptors (Lipinski definition) is 7. The minimum absolute atomic E-state index is 0.123. The van der Waals surface area contributed by atoms with E-state index in [1.165, 1.54) is 81.0 Å². The van der Waals surface area contributed by atoms with Crippen molar-refractivity contribution in [3.63, 3.8) is 0 Å². The standard InChI is InChI=1S/C32H47N3O6/c1-2-3-4-5-6-7-8-9-10-11-12-13-17-20-30(37)41-26-23-29(40-27(26)24-36)35-22-21-28(34-32(35)39)33-31(38)25-18-15-14-16-19-25/h14-16,18-19,21-22,26-27,29,36H,2-13,17,20,23-24H2,1H3,(H,33,34,38,39)/t26-,27+,29-/m1/s1. The number of hydrogen-bond donors (Lipinski definition) is 2. The van der Waals surface area contributed by atoms with Crippen molar-refractivity contribution in [3.8, 4) is 0 Å². The van der Waals surface area contributed by atoms with Gasteiger partial charge in [0.05, 0.1) is 6.61 Å². The molecule has 0 unspecified atom stereocenters. The van der Waals surface area contributed by atoms with Gasteiger partial charge < -0.3 is 19.9 Å². The van der Waals surface area contributed by atoms with Crippen LogP contribution < -0.4 is 11.0 Å². The van der Waals surface area contributed by atoms with E-state index in [-0.39, 0.29) is 30.7 Å². The molecule has 0 radical (unpaired) electrons. The molecular weight excluding hydrogens is 522 g/mol. The first-order valence-corrected chi connectivity index (χ1v) is 15.4. The Labute approximate surface area is 243 Å². The molecule has 1 aliphatic heterocycles. The van der Waals surface area contributed by atoms with Crippen molar-refractivity contribution in [1.82, 2.24) is 9.55 Å². The van der Waals surface area contributed by atoms with Gasteiger partial charge in [-0.15, -0.1) is 0 Å². The number of benzene rings is 1. The predicted octanol–water partition coefficient (Wildman–Crippen LogP) is 6.17. The Kier molecular flexibility index (Phi) is 14.6. The summed E-state index contributed by atoms with van der Waals surface area (Å²) in [6.07, 6.45) is 16.0. The molecule has 2 heterocycles. The molecule has 9 heteroatoms. The highest BCUT2D eigenvalue weighted by Crippen LogP contribution is 2.30. The van der Waals surface area contributed by atoms with Crippen LogP contribution in [-0.4, -0.2) is 45.3 Å². The van der Waals surface area contributed by atoms with Crippen LogP contribution in [-0.2, 0) is 14.3 Å². The average Bonchev–Trinajstić information content (AvgIpc) is 3.38. The van der Waals surface area contributed by atoms with Gasteiger partial charge in [-0.3, -0.25) is 14.2 Å². The van der Waals surface area contributed by atoms with E-state index in [0.29, 0.717) is 12.0 Å². The fraction of sp³-hybridized carbons (Fsp3) is 0.625. The van der Waals surface area contributed by atoms with Gasteiger partial charge in [-0.25, -0.2) is 4.79 Å². The Morgan fingerprint density at radius 2 is 1.56 bits per heavy atom. The number of aliphatic hydroxyl groups excluding tert-OH is 1. The first-order valence-electron chi connectivity index (χ1n) is 15.4. The molecule has 1 aromatic heterocycles. The predicted molar refractivity (Wildman–Crippen MR) is 159 cm³/mol. The number of nitrogens with one attached hydrogen (secondary N) is 1. The third kappa shape index (κ3) is 11.4. The van der Waals surface area contributed by atoms with E-state index in [1.54, 1.807) is 24.3 Å². The van der Waals surface area contributed by atoms with Crippen LogP contribution >= 0.6 is 0 Å². The molecular formula is C32H47N3O6. The molecule has 1 amide bonds. The zero-order valence-corrected chi connectivity index (χ0v) is 24.5. The molecule has 226 valence electrons. The number of esters is 1. The lowest BCUT2D eigenvalue weighted by molar-refractivity contribution is -0.153. The van der Waals surface area contributed by atoms with Crippen molar-refractivity contribution in [2.24, 2.45) is 0 Å². The Bertz CT molecular complexity index is 1110. The molecule has 3 atom stereocenters. The summed E-state index contributed by atoms with van der Waals surface area (Å²) < 4.78 is 12.7. The molecule has 1 fully saturated rings. The SMILES string of the molecule is CCCCCCCCCCCCCCCC(=O)O[C@@H]1C[C@H](n2ccc(NC(=O)c3ccccc3)nc2=O)O[C@H]1CO. The summed E-state index contributed by atoms with van der Waals surface area (Å²) in [5.74, 6) is -0.564. The van der Waals surface area contributed by atoms with Gasteiger partial charge in [-0.2, -0.15) is 4.98 Å². The molecule has 41 heavy (non-hydrogen) atoms. The number of aromatic nitrogens is 2. The van der Waals surface area contributed by atoms with E-state index in [4.69, 9.17) is 9.47 Å². The smallest absolute Gasteiger partial charge is 0.351 e. The molecule has 0 saturated carbocycles. The Morgan fingerprint density at radius 1 is 0.951 bits per heavy atom.